The Balaban J connectivity index is 0.00000149. The summed E-state index contributed by atoms with van der Waals surface area (Å²) < 4.78 is 0. The van der Waals surface area contributed by atoms with Gasteiger partial charge in [0.15, 0.2) is 12.1 Å². The van der Waals surface area contributed by atoms with Gasteiger partial charge in [0.1, 0.15) is 0 Å². The molecule has 1 rings (SSSR count). The fourth-order valence-electron chi connectivity index (χ4n) is 1.92. The van der Waals surface area contributed by atoms with Gasteiger partial charge in [0, 0.05) is 23.6 Å². The van der Waals surface area contributed by atoms with E-state index < -0.39 is 11.9 Å². The molecule has 0 spiro atoms. The lowest BCUT2D eigenvalue weighted by atomic mass is 9.94. The number of carboxylic acids is 1. The van der Waals surface area contributed by atoms with Crippen LogP contribution in [-0.2, 0) is 11.3 Å². The molecule has 1 aromatic rings. The highest BCUT2D eigenvalue weighted by atomic mass is 35.5. The van der Waals surface area contributed by atoms with E-state index in [0.29, 0.717) is 29.5 Å². The zero-order chi connectivity index (χ0) is 18.0. The molecule has 1 atom stereocenters. The molecule has 0 aliphatic rings. The van der Waals surface area contributed by atoms with Crippen LogP contribution in [0.2, 0.25) is 5.02 Å². The lowest BCUT2D eigenvalue weighted by Gasteiger charge is -2.12. The molecule has 23 heavy (non-hydrogen) atoms. The third kappa shape index (κ3) is 6.93. The number of benzene rings is 1. The summed E-state index contributed by atoms with van der Waals surface area (Å²) in [5.41, 5.74) is 1.27. The summed E-state index contributed by atoms with van der Waals surface area (Å²) in [7, 11) is 1.71. The van der Waals surface area contributed by atoms with E-state index in [0.717, 1.165) is 0 Å². The molecule has 0 bridgehead atoms. The molecule has 1 unspecified atom stereocenters. The topological polar surface area (TPSA) is 83.5 Å². The summed E-state index contributed by atoms with van der Waals surface area (Å²) in [6.45, 7) is 6.19. The molecule has 6 heteroatoms. The maximum absolute atomic E-state index is 12.2. The smallest absolute Gasteiger partial charge is 0.304 e. The number of nitrogens with one attached hydrogen (secondary N) is 1. The predicted octanol–water partition coefficient (Wildman–Crippen LogP) is 3.58. The van der Waals surface area contributed by atoms with E-state index in [-0.39, 0.29) is 17.2 Å². The Morgan fingerprint density at radius 2 is 1.91 bits per heavy atom. The first kappa shape index (κ1) is 21.3. The van der Waals surface area contributed by atoms with Crippen LogP contribution in [0.3, 0.4) is 0 Å². The number of halogens is 1. The maximum Gasteiger partial charge on any atom is 0.304 e. The van der Waals surface area contributed by atoms with Crippen molar-refractivity contribution >= 4 is 29.6 Å². The Labute approximate surface area is 142 Å². The molecule has 0 heterocycles. The lowest BCUT2D eigenvalue weighted by molar-refractivity contribution is -0.137. The van der Waals surface area contributed by atoms with Crippen molar-refractivity contribution in [2.45, 2.75) is 40.2 Å². The first-order valence-corrected chi connectivity index (χ1v) is 7.88. The minimum Gasteiger partial charge on any atom is -0.481 e. The van der Waals surface area contributed by atoms with Crippen LogP contribution in [0.25, 0.3) is 0 Å². The van der Waals surface area contributed by atoms with Crippen LogP contribution >= 0.6 is 11.6 Å². The maximum atomic E-state index is 12.2. The average molecular weight is 342 g/mol. The molecule has 0 aliphatic carbocycles. The van der Waals surface area contributed by atoms with E-state index >= 15 is 0 Å². The quantitative estimate of drug-likeness (QED) is 0.585. The first-order chi connectivity index (χ1) is 10.8. The number of Topliss-reactive ketones (excluding diaryl/α,β-unsaturated/α-hetero) is 1. The number of rotatable bonds is 7. The molecule has 128 valence electrons. The van der Waals surface area contributed by atoms with Crippen LogP contribution in [0.5, 0.6) is 0 Å². The molecule has 0 saturated heterocycles. The van der Waals surface area contributed by atoms with Crippen LogP contribution in [-0.4, -0.2) is 30.2 Å². The van der Waals surface area contributed by atoms with Crippen molar-refractivity contribution in [3.05, 3.63) is 33.8 Å². The third-order valence-electron chi connectivity index (χ3n) is 2.91. The minimum atomic E-state index is -1.03. The van der Waals surface area contributed by atoms with Gasteiger partial charge in [0.25, 0.3) is 0 Å². The molecule has 0 radical (unpaired) electrons. The SMILES string of the molecule is CCC.CNCc1cc(C(=O)C(C)CC(=O)O)cc(Cl)c1C=O. The van der Waals surface area contributed by atoms with Crippen LogP contribution in [0.1, 0.15) is 59.9 Å². The van der Waals surface area contributed by atoms with Gasteiger partial charge in [-0.2, -0.15) is 0 Å². The lowest BCUT2D eigenvalue weighted by Crippen LogP contribution is -2.17. The zero-order valence-corrected chi connectivity index (χ0v) is 14.7. The van der Waals surface area contributed by atoms with E-state index in [9.17, 15) is 14.4 Å². The van der Waals surface area contributed by atoms with Crippen molar-refractivity contribution in [2.24, 2.45) is 5.92 Å². The number of aldehydes is 1. The van der Waals surface area contributed by atoms with Gasteiger partial charge in [0.2, 0.25) is 0 Å². The molecule has 0 aromatic heterocycles. The molecule has 0 fully saturated rings. The third-order valence-corrected chi connectivity index (χ3v) is 3.23. The van der Waals surface area contributed by atoms with Gasteiger partial charge in [-0.25, -0.2) is 0 Å². The van der Waals surface area contributed by atoms with E-state index in [1.807, 2.05) is 0 Å². The molecular formula is C17H24ClNO4. The van der Waals surface area contributed by atoms with Gasteiger partial charge >= 0.3 is 5.97 Å². The molecule has 5 nitrogen and oxygen atoms in total. The summed E-state index contributed by atoms with van der Waals surface area (Å²) in [5, 5.41) is 11.8. The molecule has 1 aromatic carbocycles. The standard InChI is InChI=1S/C14H16ClNO4.C3H8/c1-8(3-13(18)19)14(20)9-4-10(6-16-2)11(7-17)12(15)5-9;1-3-2/h4-5,7-8,16H,3,6H2,1-2H3,(H,18,19);3H2,1-2H3. The van der Waals surface area contributed by atoms with E-state index in [4.69, 9.17) is 16.7 Å². The normalized spacial score (nSPS) is 11.2. The molecular weight excluding hydrogens is 318 g/mol. The van der Waals surface area contributed by atoms with Gasteiger partial charge in [-0.05, 0) is 24.7 Å². The van der Waals surface area contributed by atoms with Crippen molar-refractivity contribution in [2.75, 3.05) is 7.05 Å². The average Bonchev–Trinajstić information content (AvgIpc) is 2.46. The molecule has 0 aliphatic heterocycles. The fraction of sp³-hybridized carbons (Fsp3) is 0.471. The van der Waals surface area contributed by atoms with E-state index in [2.05, 4.69) is 19.2 Å². The number of carbonyl (C=O) groups excluding carboxylic acids is 2. The second kappa shape index (κ2) is 10.9. The summed E-state index contributed by atoms with van der Waals surface area (Å²) in [6, 6.07) is 2.98. The Bertz CT molecular complexity index is 558. The summed E-state index contributed by atoms with van der Waals surface area (Å²) in [4.78, 5) is 33.8. The predicted molar refractivity (Wildman–Crippen MR) is 91.3 cm³/mol. The second-order valence-electron chi connectivity index (χ2n) is 5.25. The molecule has 0 saturated carbocycles. The second-order valence-corrected chi connectivity index (χ2v) is 5.66. The van der Waals surface area contributed by atoms with Crippen molar-refractivity contribution in [3.8, 4) is 0 Å². The zero-order valence-electron chi connectivity index (χ0n) is 14.0. The van der Waals surface area contributed by atoms with Gasteiger partial charge < -0.3 is 10.4 Å². The number of ketones is 1. The minimum absolute atomic E-state index is 0.193. The number of hydrogen-bond donors (Lipinski definition) is 2. The largest absolute Gasteiger partial charge is 0.481 e. The molecule has 0 amide bonds. The Morgan fingerprint density at radius 1 is 1.35 bits per heavy atom. The molecule has 2 N–H and O–H groups in total. The Morgan fingerprint density at radius 3 is 2.35 bits per heavy atom. The Hall–Kier alpha value is -1.72. The number of carboxylic acid groups (broad SMARTS) is 1. The highest BCUT2D eigenvalue weighted by Gasteiger charge is 2.20. The van der Waals surface area contributed by atoms with Gasteiger partial charge in [-0.3, -0.25) is 14.4 Å². The van der Waals surface area contributed by atoms with Crippen molar-refractivity contribution in [3.63, 3.8) is 0 Å². The van der Waals surface area contributed by atoms with Crippen molar-refractivity contribution < 1.29 is 19.5 Å². The van der Waals surface area contributed by atoms with E-state index in [1.165, 1.54) is 12.5 Å². The van der Waals surface area contributed by atoms with Crippen LogP contribution in [0.4, 0.5) is 0 Å². The van der Waals surface area contributed by atoms with Gasteiger partial charge in [0.05, 0.1) is 11.4 Å². The number of aliphatic carboxylic acids is 1. The summed E-state index contributed by atoms with van der Waals surface area (Å²) in [5.74, 6) is -1.98. The highest BCUT2D eigenvalue weighted by molar-refractivity contribution is 6.33. The first-order valence-electron chi connectivity index (χ1n) is 7.50. The van der Waals surface area contributed by atoms with Gasteiger partial charge in [-0.1, -0.05) is 38.8 Å². The number of hydrogen-bond acceptors (Lipinski definition) is 4. The monoisotopic (exact) mass is 341 g/mol. The van der Waals surface area contributed by atoms with Crippen LogP contribution < -0.4 is 5.32 Å². The number of carbonyl (C=O) groups is 3. The van der Waals surface area contributed by atoms with Crippen molar-refractivity contribution in [1.82, 2.24) is 5.32 Å². The summed E-state index contributed by atoms with van der Waals surface area (Å²) >= 11 is 6.00. The van der Waals surface area contributed by atoms with Crippen LogP contribution in [0, 0.1) is 5.92 Å². The van der Waals surface area contributed by atoms with Gasteiger partial charge in [-0.15, -0.1) is 0 Å². The fourth-order valence-corrected chi connectivity index (χ4v) is 2.21. The Kier molecular flexibility index (Phi) is 10.1. The van der Waals surface area contributed by atoms with Crippen molar-refractivity contribution in [1.29, 1.82) is 0 Å². The summed E-state index contributed by atoms with van der Waals surface area (Å²) in [6.07, 6.45) is 1.65. The van der Waals surface area contributed by atoms with Crippen LogP contribution in [0.15, 0.2) is 12.1 Å². The van der Waals surface area contributed by atoms with E-state index in [1.54, 1.807) is 20.0 Å². The highest BCUT2D eigenvalue weighted by Crippen LogP contribution is 2.23.